The standard InChI is InChI=1S/C13H13F3N2/c1-8-5-9(6-8)18-7-17-11-4-2-3-10(12(11)18)13(14,15)16/h2-4,7-9H,5-6H2,1H3. The summed E-state index contributed by atoms with van der Waals surface area (Å²) in [6, 6.07) is 4.33. The number of hydrogen-bond acceptors (Lipinski definition) is 1. The number of aromatic nitrogens is 2. The van der Waals surface area contributed by atoms with E-state index in [1.54, 1.807) is 10.6 Å². The van der Waals surface area contributed by atoms with Gasteiger partial charge in [0.2, 0.25) is 0 Å². The van der Waals surface area contributed by atoms with E-state index in [-0.39, 0.29) is 11.6 Å². The van der Waals surface area contributed by atoms with Crippen LogP contribution < -0.4 is 0 Å². The van der Waals surface area contributed by atoms with Crippen molar-refractivity contribution < 1.29 is 13.2 Å². The smallest absolute Gasteiger partial charge is 0.327 e. The quantitative estimate of drug-likeness (QED) is 0.751. The monoisotopic (exact) mass is 254 g/mol. The van der Waals surface area contributed by atoms with E-state index in [0.29, 0.717) is 11.4 Å². The summed E-state index contributed by atoms with van der Waals surface area (Å²) in [6.45, 7) is 2.11. The number of benzene rings is 1. The molecule has 1 aromatic carbocycles. The van der Waals surface area contributed by atoms with E-state index in [4.69, 9.17) is 0 Å². The number of halogens is 3. The fraction of sp³-hybridized carbons (Fsp3) is 0.462. The maximum atomic E-state index is 13.0. The van der Waals surface area contributed by atoms with Crippen molar-refractivity contribution in [2.75, 3.05) is 0 Å². The number of nitrogens with zero attached hydrogens (tertiary/aromatic N) is 2. The van der Waals surface area contributed by atoms with Crippen molar-refractivity contribution in [2.24, 2.45) is 5.92 Å². The van der Waals surface area contributed by atoms with Crippen molar-refractivity contribution in [3.8, 4) is 0 Å². The molecule has 0 atom stereocenters. The second kappa shape index (κ2) is 3.73. The molecule has 1 fully saturated rings. The highest BCUT2D eigenvalue weighted by Crippen LogP contribution is 2.41. The van der Waals surface area contributed by atoms with Gasteiger partial charge in [0.1, 0.15) is 0 Å². The molecule has 18 heavy (non-hydrogen) atoms. The first-order valence-corrected chi connectivity index (χ1v) is 5.99. The van der Waals surface area contributed by atoms with E-state index >= 15 is 0 Å². The van der Waals surface area contributed by atoms with Crippen molar-refractivity contribution in [3.63, 3.8) is 0 Å². The number of para-hydroxylation sites is 1. The molecule has 0 bridgehead atoms. The summed E-state index contributed by atoms with van der Waals surface area (Å²) in [7, 11) is 0. The van der Waals surface area contributed by atoms with Crippen LogP contribution in [0.3, 0.4) is 0 Å². The lowest BCUT2D eigenvalue weighted by Gasteiger charge is -2.34. The van der Waals surface area contributed by atoms with Crippen LogP contribution >= 0.6 is 0 Å². The molecule has 2 aromatic rings. The predicted molar refractivity (Wildman–Crippen MR) is 62.2 cm³/mol. The van der Waals surface area contributed by atoms with Crippen LogP contribution in [-0.2, 0) is 6.18 Å². The van der Waals surface area contributed by atoms with Crippen molar-refractivity contribution in [3.05, 3.63) is 30.1 Å². The summed E-state index contributed by atoms with van der Waals surface area (Å²) in [6.07, 6.45) is -0.932. The zero-order valence-electron chi connectivity index (χ0n) is 9.91. The van der Waals surface area contributed by atoms with Gasteiger partial charge < -0.3 is 4.57 Å². The fourth-order valence-corrected chi connectivity index (χ4v) is 2.68. The van der Waals surface area contributed by atoms with Crippen molar-refractivity contribution >= 4 is 11.0 Å². The molecule has 1 saturated carbocycles. The molecular weight excluding hydrogens is 241 g/mol. The summed E-state index contributed by atoms with van der Waals surface area (Å²) in [4.78, 5) is 4.08. The molecule has 1 aliphatic rings. The molecule has 0 aliphatic heterocycles. The van der Waals surface area contributed by atoms with Gasteiger partial charge in [0.25, 0.3) is 0 Å². The summed E-state index contributed by atoms with van der Waals surface area (Å²) < 4.78 is 40.7. The third-order valence-corrected chi connectivity index (χ3v) is 3.64. The lowest BCUT2D eigenvalue weighted by atomic mass is 9.81. The van der Waals surface area contributed by atoms with Crippen molar-refractivity contribution in [1.82, 2.24) is 9.55 Å². The van der Waals surface area contributed by atoms with Crippen LogP contribution in [0.4, 0.5) is 13.2 Å². The summed E-state index contributed by atoms with van der Waals surface area (Å²) in [5, 5.41) is 0. The highest BCUT2D eigenvalue weighted by molar-refractivity contribution is 5.79. The van der Waals surface area contributed by atoms with Gasteiger partial charge in [-0.1, -0.05) is 13.0 Å². The van der Waals surface area contributed by atoms with Gasteiger partial charge in [-0.25, -0.2) is 4.98 Å². The Morgan fingerprint density at radius 1 is 1.28 bits per heavy atom. The van der Waals surface area contributed by atoms with Gasteiger partial charge in [-0.2, -0.15) is 13.2 Å². The molecule has 5 heteroatoms. The molecule has 0 amide bonds. The highest BCUT2D eigenvalue weighted by atomic mass is 19.4. The normalized spacial score (nSPS) is 24.2. The Bertz CT molecular complexity index is 579. The Labute approximate surface area is 102 Å². The average Bonchev–Trinajstić information content (AvgIpc) is 2.66. The van der Waals surface area contributed by atoms with Crippen LogP contribution in [0.15, 0.2) is 24.5 Å². The molecule has 0 spiro atoms. The first-order chi connectivity index (χ1) is 8.47. The summed E-state index contributed by atoms with van der Waals surface area (Å²) >= 11 is 0. The molecule has 96 valence electrons. The maximum absolute atomic E-state index is 13.0. The molecule has 1 heterocycles. The molecule has 3 rings (SSSR count). The minimum atomic E-state index is -4.33. The number of hydrogen-bond donors (Lipinski definition) is 0. The highest BCUT2D eigenvalue weighted by Gasteiger charge is 2.36. The van der Waals surface area contributed by atoms with Crippen LogP contribution in [-0.4, -0.2) is 9.55 Å². The topological polar surface area (TPSA) is 17.8 Å². The third-order valence-electron chi connectivity index (χ3n) is 3.64. The van der Waals surface area contributed by atoms with Crippen LogP contribution in [0.25, 0.3) is 11.0 Å². The molecule has 1 aromatic heterocycles. The van der Waals surface area contributed by atoms with Gasteiger partial charge in [-0.3, -0.25) is 0 Å². The van der Waals surface area contributed by atoms with E-state index in [1.165, 1.54) is 12.4 Å². The number of rotatable bonds is 1. The van der Waals surface area contributed by atoms with E-state index in [1.807, 2.05) is 0 Å². The van der Waals surface area contributed by atoms with Gasteiger partial charge in [-0.15, -0.1) is 0 Å². The molecule has 2 nitrogen and oxygen atoms in total. The summed E-state index contributed by atoms with van der Waals surface area (Å²) in [5.41, 5.74) is 0.0586. The minimum Gasteiger partial charge on any atom is -0.327 e. The van der Waals surface area contributed by atoms with Crippen LogP contribution in [0.1, 0.15) is 31.4 Å². The Hall–Kier alpha value is -1.52. The first kappa shape index (κ1) is 11.6. The van der Waals surface area contributed by atoms with Crippen molar-refractivity contribution in [1.29, 1.82) is 0 Å². The van der Waals surface area contributed by atoms with E-state index in [0.717, 1.165) is 18.9 Å². The predicted octanol–water partition coefficient (Wildman–Crippen LogP) is 4.03. The lowest BCUT2D eigenvalue weighted by molar-refractivity contribution is -0.136. The molecule has 0 radical (unpaired) electrons. The number of fused-ring (bicyclic) bond motifs is 1. The first-order valence-electron chi connectivity index (χ1n) is 5.99. The molecule has 1 aliphatic carbocycles. The minimum absolute atomic E-state index is 0.161. The van der Waals surface area contributed by atoms with Gasteiger partial charge >= 0.3 is 6.18 Å². The maximum Gasteiger partial charge on any atom is 0.418 e. The Balaban J connectivity index is 2.16. The van der Waals surface area contributed by atoms with E-state index in [2.05, 4.69) is 11.9 Å². The number of imidazole rings is 1. The van der Waals surface area contributed by atoms with Gasteiger partial charge in [0, 0.05) is 6.04 Å². The van der Waals surface area contributed by atoms with Gasteiger partial charge in [0.05, 0.1) is 22.9 Å². The SMILES string of the molecule is CC1CC(n2cnc3cccc(C(F)(F)F)c32)C1. The Morgan fingerprint density at radius 3 is 2.61 bits per heavy atom. The average molecular weight is 254 g/mol. The zero-order valence-corrected chi connectivity index (χ0v) is 9.91. The largest absolute Gasteiger partial charge is 0.418 e. The molecule has 0 saturated heterocycles. The van der Waals surface area contributed by atoms with E-state index in [9.17, 15) is 13.2 Å². The molecule has 0 unspecified atom stereocenters. The van der Waals surface area contributed by atoms with Crippen molar-refractivity contribution in [2.45, 2.75) is 32.0 Å². The Morgan fingerprint density at radius 2 is 2.00 bits per heavy atom. The molecular formula is C13H13F3N2. The third kappa shape index (κ3) is 1.69. The zero-order chi connectivity index (χ0) is 12.9. The van der Waals surface area contributed by atoms with Gasteiger partial charge in [-0.05, 0) is 30.9 Å². The van der Waals surface area contributed by atoms with Crippen LogP contribution in [0, 0.1) is 5.92 Å². The second-order valence-electron chi connectivity index (χ2n) is 5.05. The Kier molecular flexibility index (Phi) is 2.40. The lowest BCUT2D eigenvalue weighted by Crippen LogP contribution is -2.24. The van der Waals surface area contributed by atoms with Gasteiger partial charge in [0.15, 0.2) is 0 Å². The number of alkyl halides is 3. The fourth-order valence-electron chi connectivity index (χ4n) is 2.68. The van der Waals surface area contributed by atoms with Crippen LogP contribution in [0.2, 0.25) is 0 Å². The molecule has 0 N–H and O–H groups in total. The van der Waals surface area contributed by atoms with Crippen LogP contribution in [0.5, 0.6) is 0 Å². The van der Waals surface area contributed by atoms with E-state index < -0.39 is 11.7 Å². The second-order valence-corrected chi connectivity index (χ2v) is 5.05. The summed E-state index contributed by atoms with van der Waals surface area (Å²) in [5.74, 6) is 0.588.